The van der Waals surface area contributed by atoms with Crippen LogP contribution < -0.4 is 10.1 Å². The largest absolute Gasteiger partial charge is 0.496 e. The van der Waals surface area contributed by atoms with Gasteiger partial charge in [-0.1, -0.05) is 15.9 Å². The van der Waals surface area contributed by atoms with E-state index >= 15 is 0 Å². The molecule has 118 valence electrons. The third-order valence-corrected chi connectivity index (χ3v) is 3.44. The van der Waals surface area contributed by atoms with E-state index in [1.54, 1.807) is 19.3 Å². The van der Waals surface area contributed by atoms with E-state index in [9.17, 15) is 14.9 Å². The Hall–Kier alpha value is -2.67. The minimum absolute atomic E-state index is 0.0302. The van der Waals surface area contributed by atoms with E-state index in [2.05, 4.69) is 21.2 Å². The molecule has 0 bridgehead atoms. The van der Waals surface area contributed by atoms with Crippen LogP contribution in [0.4, 0.5) is 11.4 Å². The van der Waals surface area contributed by atoms with Crippen LogP contribution in [0.25, 0.3) is 6.08 Å². The molecule has 0 fully saturated rings. The molecular weight excluding hydrogens is 364 g/mol. The van der Waals surface area contributed by atoms with Crippen LogP contribution in [0.15, 0.2) is 53.0 Å². The molecule has 6 nitrogen and oxygen atoms in total. The van der Waals surface area contributed by atoms with Crippen LogP contribution in [0.5, 0.6) is 5.75 Å². The number of hydrogen-bond acceptors (Lipinski definition) is 4. The fraction of sp³-hybridized carbons (Fsp3) is 0.0625. The third kappa shape index (κ3) is 4.65. The van der Waals surface area contributed by atoms with E-state index in [0.717, 1.165) is 10.0 Å². The second-order valence-corrected chi connectivity index (χ2v) is 5.43. The number of nitro benzene ring substituents is 1. The van der Waals surface area contributed by atoms with Crippen LogP contribution in [-0.2, 0) is 4.79 Å². The molecule has 2 rings (SSSR count). The molecule has 0 aromatic heterocycles. The number of carbonyl (C=O) groups is 1. The third-order valence-electron chi connectivity index (χ3n) is 2.95. The van der Waals surface area contributed by atoms with Gasteiger partial charge in [0.2, 0.25) is 5.91 Å². The zero-order valence-corrected chi connectivity index (χ0v) is 13.7. The molecule has 0 unspecified atom stereocenters. The molecule has 0 saturated carbocycles. The second kappa shape index (κ2) is 7.55. The molecule has 1 amide bonds. The topological polar surface area (TPSA) is 81.5 Å². The van der Waals surface area contributed by atoms with Gasteiger partial charge in [0.1, 0.15) is 5.75 Å². The summed E-state index contributed by atoms with van der Waals surface area (Å²) in [6, 6.07) is 11.1. The summed E-state index contributed by atoms with van der Waals surface area (Å²) in [5.74, 6) is 0.300. The number of halogens is 1. The summed E-state index contributed by atoms with van der Waals surface area (Å²) in [5, 5.41) is 13.2. The van der Waals surface area contributed by atoms with Crippen molar-refractivity contribution < 1.29 is 14.5 Å². The van der Waals surface area contributed by atoms with Gasteiger partial charge >= 0.3 is 0 Å². The maximum Gasteiger partial charge on any atom is 0.269 e. The molecular formula is C16H13BrN2O4. The summed E-state index contributed by atoms with van der Waals surface area (Å²) in [7, 11) is 1.55. The van der Waals surface area contributed by atoms with E-state index in [4.69, 9.17) is 4.74 Å². The lowest BCUT2D eigenvalue weighted by atomic mass is 10.2. The molecule has 0 aliphatic carbocycles. The van der Waals surface area contributed by atoms with Crippen molar-refractivity contribution in [2.24, 2.45) is 0 Å². The fourth-order valence-corrected chi connectivity index (χ4v) is 2.23. The number of nitro groups is 1. The number of amides is 1. The van der Waals surface area contributed by atoms with Crippen molar-refractivity contribution in [3.63, 3.8) is 0 Å². The number of non-ortho nitro benzene ring substituents is 1. The van der Waals surface area contributed by atoms with Gasteiger partial charge in [0.15, 0.2) is 0 Å². The zero-order valence-electron chi connectivity index (χ0n) is 12.2. The minimum atomic E-state index is -0.495. The average molecular weight is 377 g/mol. The van der Waals surface area contributed by atoms with Gasteiger partial charge in [0, 0.05) is 33.9 Å². The predicted octanol–water partition coefficient (Wildman–Crippen LogP) is 4.02. The maximum absolute atomic E-state index is 11.9. The van der Waals surface area contributed by atoms with Crippen molar-refractivity contribution >= 4 is 39.3 Å². The van der Waals surface area contributed by atoms with Crippen LogP contribution in [-0.4, -0.2) is 17.9 Å². The first-order valence-corrected chi connectivity index (χ1v) is 7.36. The van der Waals surface area contributed by atoms with Crippen molar-refractivity contribution in [2.45, 2.75) is 0 Å². The van der Waals surface area contributed by atoms with Crippen LogP contribution in [0, 0.1) is 10.1 Å². The molecule has 0 radical (unpaired) electrons. The number of carbonyl (C=O) groups excluding carboxylic acids is 1. The highest BCUT2D eigenvalue weighted by Crippen LogP contribution is 2.24. The normalized spacial score (nSPS) is 10.5. The number of rotatable bonds is 5. The Kier molecular flexibility index (Phi) is 5.48. The van der Waals surface area contributed by atoms with Gasteiger partial charge in [-0.15, -0.1) is 0 Å². The van der Waals surface area contributed by atoms with Gasteiger partial charge in [-0.05, 0) is 36.4 Å². The monoisotopic (exact) mass is 376 g/mol. The number of benzene rings is 2. The number of ether oxygens (including phenoxy) is 1. The van der Waals surface area contributed by atoms with E-state index in [-0.39, 0.29) is 11.6 Å². The molecule has 0 heterocycles. The van der Waals surface area contributed by atoms with Crippen molar-refractivity contribution in [3.8, 4) is 5.75 Å². The Morgan fingerprint density at radius 1 is 1.26 bits per heavy atom. The van der Waals surface area contributed by atoms with Crippen molar-refractivity contribution in [1.82, 2.24) is 0 Å². The molecule has 1 N–H and O–H groups in total. The van der Waals surface area contributed by atoms with Crippen LogP contribution in [0.1, 0.15) is 5.56 Å². The SMILES string of the molecule is COc1ccc(Br)cc1C=CC(=O)Nc1ccc([N+](=O)[O-])cc1. The van der Waals surface area contributed by atoms with E-state index < -0.39 is 4.92 Å². The van der Waals surface area contributed by atoms with Gasteiger partial charge in [0.05, 0.1) is 12.0 Å². The zero-order chi connectivity index (χ0) is 16.8. The Balaban J connectivity index is 2.07. The number of methoxy groups -OCH3 is 1. The van der Waals surface area contributed by atoms with Gasteiger partial charge < -0.3 is 10.1 Å². The highest BCUT2D eigenvalue weighted by molar-refractivity contribution is 9.10. The highest BCUT2D eigenvalue weighted by atomic mass is 79.9. The first kappa shape index (κ1) is 16.7. The van der Waals surface area contributed by atoms with Crippen molar-refractivity contribution in [2.75, 3.05) is 12.4 Å². The number of anilines is 1. The molecule has 0 atom stereocenters. The lowest BCUT2D eigenvalue weighted by Crippen LogP contribution is -2.07. The molecule has 23 heavy (non-hydrogen) atoms. The Morgan fingerprint density at radius 2 is 1.96 bits per heavy atom. The average Bonchev–Trinajstić information content (AvgIpc) is 2.53. The molecule has 2 aromatic carbocycles. The van der Waals surface area contributed by atoms with Crippen molar-refractivity contribution in [1.29, 1.82) is 0 Å². The number of nitrogens with one attached hydrogen (secondary N) is 1. The molecule has 7 heteroatoms. The fourth-order valence-electron chi connectivity index (χ4n) is 1.85. The molecule has 0 saturated heterocycles. The predicted molar refractivity (Wildman–Crippen MR) is 91.5 cm³/mol. The number of hydrogen-bond donors (Lipinski definition) is 1. The van der Waals surface area contributed by atoms with E-state index in [1.165, 1.54) is 30.3 Å². The maximum atomic E-state index is 11.9. The quantitative estimate of drug-likeness (QED) is 0.485. The minimum Gasteiger partial charge on any atom is -0.496 e. The van der Waals surface area contributed by atoms with Crippen LogP contribution in [0.3, 0.4) is 0 Å². The molecule has 2 aromatic rings. The summed E-state index contributed by atoms with van der Waals surface area (Å²) in [5.41, 5.74) is 1.20. The second-order valence-electron chi connectivity index (χ2n) is 4.51. The van der Waals surface area contributed by atoms with E-state index in [0.29, 0.717) is 11.4 Å². The van der Waals surface area contributed by atoms with Gasteiger partial charge in [-0.3, -0.25) is 14.9 Å². The molecule has 0 aliphatic heterocycles. The summed E-state index contributed by atoms with van der Waals surface area (Å²) >= 11 is 3.36. The smallest absolute Gasteiger partial charge is 0.269 e. The summed E-state index contributed by atoms with van der Waals surface area (Å²) in [4.78, 5) is 22.0. The molecule has 0 spiro atoms. The Labute approximate surface area is 141 Å². The summed E-state index contributed by atoms with van der Waals surface area (Å²) in [6.07, 6.45) is 3.00. The number of nitrogens with zero attached hydrogens (tertiary/aromatic N) is 1. The van der Waals surface area contributed by atoms with Gasteiger partial charge in [-0.25, -0.2) is 0 Å². The first-order chi connectivity index (χ1) is 11.0. The lowest BCUT2D eigenvalue weighted by Gasteiger charge is -2.05. The van der Waals surface area contributed by atoms with Crippen LogP contribution >= 0.6 is 15.9 Å². The van der Waals surface area contributed by atoms with Crippen LogP contribution in [0.2, 0.25) is 0 Å². The summed E-state index contributed by atoms with van der Waals surface area (Å²) < 4.78 is 6.09. The van der Waals surface area contributed by atoms with Gasteiger partial charge in [0.25, 0.3) is 5.69 Å². The van der Waals surface area contributed by atoms with E-state index in [1.807, 2.05) is 12.1 Å². The Morgan fingerprint density at radius 3 is 2.57 bits per heavy atom. The summed E-state index contributed by atoms with van der Waals surface area (Å²) in [6.45, 7) is 0. The first-order valence-electron chi connectivity index (χ1n) is 6.56. The highest BCUT2D eigenvalue weighted by Gasteiger charge is 2.05. The Bertz CT molecular complexity index is 757. The lowest BCUT2D eigenvalue weighted by molar-refractivity contribution is -0.384. The van der Waals surface area contributed by atoms with Crippen molar-refractivity contribution in [3.05, 3.63) is 68.7 Å². The van der Waals surface area contributed by atoms with Gasteiger partial charge in [-0.2, -0.15) is 0 Å². The molecule has 0 aliphatic rings. The standard InChI is InChI=1S/C16H13BrN2O4/c1-23-15-8-3-12(17)10-11(15)2-9-16(20)18-13-4-6-14(7-5-13)19(21)22/h2-10H,1H3,(H,18,20).